The van der Waals surface area contributed by atoms with Crippen molar-refractivity contribution in [2.45, 2.75) is 38.6 Å². The Morgan fingerprint density at radius 1 is 1.15 bits per heavy atom. The Morgan fingerprint density at radius 2 is 1.70 bits per heavy atom. The largest absolute Gasteiger partial charge is 0.476 e. The Bertz CT molecular complexity index is 493. The summed E-state index contributed by atoms with van der Waals surface area (Å²) in [6.07, 6.45) is 6.62. The highest BCUT2D eigenvalue weighted by atomic mass is 16.4. The molecule has 1 heterocycles. The molecule has 1 fully saturated rings. The minimum absolute atomic E-state index is 0.157. The highest BCUT2D eigenvalue weighted by Gasteiger charge is 2.26. The van der Waals surface area contributed by atoms with Crippen LogP contribution in [0.2, 0.25) is 0 Å². The van der Waals surface area contributed by atoms with Crippen LogP contribution in [0.1, 0.15) is 53.6 Å². The van der Waals surface area contributed by atoms with Gasteiger partial charge in [0.1, 0.15) is 5.69 Å². The zero-order chi connectivity index (χ0) is 14.7. The van der Waals surface area contributed by atoms with Gasteiger partial charge in [-0.2, -0.15) is 0 Å². The monoisotopic (exact) mass is 277 g/mol. The van der Waals surface area contributed by atoms with E-state index in [0.29, 0.717) is 0 Å². The van der Waals surface area contributed by atoms with Crippen LogP contribution >= 0.6 is 0 Å². The lowest BCUT2D eigenvalue weighted by atomic mass is 9.86. The van der Waals surface area contributed by atoms with Gasteiger partial charge in [0.05, 0.1) is 12.4 Å². The summed E-state index contributed by atoms with van der Waals surface area (Å²) in [5.74, 6) is -0.621. The first kappa shape index (κ1) is 14.4. The number of amides is 1. The third-order valence-electron chi connectivity index (χ3n) is 3.94. The van der Waals surface area contributed by atoms with Gasteiger partial charge in [0.15, 0.2) is 5.69 Å². The lowest BCUT2D eigenvalue weighted by molar-refractivity contribution is 0.0662. The van der Waals surface area contributed by atoms with Crippen LogP contribution in [0.5, 0.6) is 0 Å². The molecular formula is C14H19N3O3. The molecular weight excluding hydrogens is 258 g/mol. The number of carbonyl (C=O) groups excluding carboxylic acids is 1. The molecule has 6 heteroatoms. The number of hydrogen-bond donors (Lipinski definition) is 1. The Kier molecular flexibility index (Phi) is 4.32. The quantitative estimate of drug-likeness (QED) is 0.911. The van der Waals surface area contributed by atoms with Gasteiger partial charge in [-0.15, -0.1) is 0 Å². The number of carboxylic acid groups (broad SMARTS) is 1. The van der Waals surface area contributed by atoms with E-state index in [4.69, 9.17) is 5.11 Å². The summed E-state index contributed by atoms with van der Waals surface area (Å²) >= 11 is 0. The van der Waals surface area contributed by atoms with Gasteiger partial charge in [-0.3, -0.25) is 4.79 Å². The number of nitrogens with zero attached hydrogens (tertiary/aromatic N) is 3. The topological polar surface area (TPSA) is 83.4 Å². The van der Waals surface area contributed by atoms with Gasteiger partial charge in [0.25, 0.3) is 5.91 Å². The second kappa shape index (κ2) is 5.98. The fourth-order valence-corrected chi connectivity index (χ4v) is 2.53. The highest BCUT2D eigenvalue weighted by Crippen LogP contribution is 2.26. The van der Waals surface area contributed by atoms with E-state index in [9.17, 15) is 9.59 Å². The molecule has 1 aromatic heterocycles. The van der Waals surface area contributed by atoms with E-state index in [2.05, 4.69) is 16.9 Å². The average molecular weight is 277 g/mol. The predicted molar refractivity (Wildman–Crippen MR) is 72.5 cm³/mol. The molecule has 1 aliphatic carbocycles. The normalized spacial score (nSPS) is 22.3. The molecule has 1 aromatic rings. The van der Waals surface area contributed by atoms with E-state index in [1.165, 1.54) is 6.20 Å². The lowest BCUT2D eigenvalue weighted by Crippen LogP contribution is -2.39. The number of carboxylic acids is 1. The summed E-state index contributed by atoms with van der Waals surface area (Å²) in [4.78, 5) is 32.3. The van der Waals surface area contributed by atoms with Crippen molar-refractivity contribution in [3.8, 4) is 0 Å². The zero-order valence-electron chi connectivity index (χ0n) is 11.7. The number of aromatic carboxylic acids is 1. The van der Waals surface area contributed by atoms with Crippen molar-refractivity contribution >= 4 is 11.9 Å². The van der Waals surface area contributed by atoms with E-state index in [1.807, 2.05) is 0 Å². The van der Waals surface area contributed by atoms with Crippen LogP contribution in [0.15, 0.2) is 12.4 Å². The zero-order valence-corrected chi connectivity index (χ0v) is 11.7. The molecule has 0 unspecified atom stereocenters. The van der Waals surface area contributed by atoms with Crippen LogP contribution in [0.4, 0.5) is 0 Å². The standard InChI is InChI=1S/C14H19N3O3/c1-9-3-5-10(6-4-9)17(2)13(18)11-7-16-12(8-15-11)14(19)20/h7-10H,3-6H2,1-2H3,(H,19,20). The molecule has 0 radical (unpaired) electrons. The molecule has 108 valence electrons. The van der Waals surface area contributed by atoms with Crippen molar-refractivity contribution in [2.24, 2.45) is 5.92 Å². The molecule has 0 atom stereocenters. The summed E-state index contributed by atoms with van der Waals surface area (Å²) in [6.45, 7) is 2.23. The Labute approximate surface area is 117 Å². The van der Waals surface area contributed by atoms with Crippen LogP contribution in [-0.2, 0) is 0 Å². The van der Waals surface area contributed by atoms with Crippen LogP contribution < -0.4 is 0 Å². The minimum Gasteiger partial charge on any atom is -0.476 e. The van der Waals surface area contributed by atoms with Crippen LogP contribution in [0, 0.1) is 5.92 Å². The van der Waals surface area contributed by atoms with Crippen LogP contribution in [0.3, 0.4) is 0 Å². The van der Waals surface area contributed by atoms with E-state index in [-0.39, 0.29) is 23.3 Å². The number of aromatic nitrogens is 2. The molecule has 6 nitrogen and oxygen atoms in total. The van der Waals surface area contributed by atoms with Crippen molar-refractivity contribution in [1.29, 1.82) is 0 Å². The van der Waals surface area contributed by atoms with E-state index in [1.54, 1.807) is 11.9 Å². The fourth-order valence-electron chi connectivity index (χ4n) is 2.53. The Balaban J connectivity index is 2.04. The van der Waals surface area contributed by atoms with E-state index < -0.39 is 5.97 Å². The van der Waals surface area contributed by atoms with Gasteiger partial charge in [-0.1, -0.05) is 6.92 Å². The summed E-state index contributed by atoms with van der Waals surface area (Å²) in [5, 5.41) is 8.75. The fraction of sp³-hybridized carbons (Fsp3) is 0.571. The second-order valence-electron chi connectivity index (χ2n) is 5.42. The predicted octanol–water partition coefficient (Wildman–Crippen LogP) is 1.83. The molecule has 0 spiro atoms. The summed E-state index contributed by atoms with van der Waals surface area (Å²) < 4.78 is 0. The first-order valence-electron chi connectivity index (χ1n) is 6.81. The summed E-state index contributed by atoms with van der Waals surface area (Å²) in [7, 11) is 1.77. The first-order chi connectivity index (χ1) is 9.49. The smallest absolute Gasteiger partial charge is 0.356 e. The molecule has 2 rings (SSSR count). The molecule has 1 saturated carbocycles. The molecule has 0 aromatic carbocycles. The third kappa shape index (κ3) is 3.12. The van der Waals surface area contributed by atoms with Crippen molar-refractivity contribution in [3.63, 3.8) is 0 Å². The average Bonchev–Trinajstić information content (AvgIpc) is 2.46. The number of hydrogen-bond acceptors (Lipinski definition) is 4. The Hall–Kier alpha value is -1.98. The third-order valence-corrected chi connectivity index (χ3v) is 3.94. The maximum atomic E-state index is 12.3. The van der Waals surface area contributed by atoms with Gasteiger partial charge in [-0.25, -0.2) is 14.8 Å². The highest BCUT2D eigenvalue weighted by molar-refractivity contribution is 5.92. The van der Waals surface area contributed by atoms with Crippen molar-refractivity contribution < 1.29 is 14.7 Å². The maximum Gasteiger partial charge on any atom is 0.356 e. The van der Waals surface area contributed by atoms with E-state index in [0.717, 1.165) is 37.8 Å². The van der Waals surface area contributed by atoms with Gasteiger partial charge >= 0.3 is 5.97 Å². The molecule has 0 bridgehead atoms. The summed E-state index contributed by atoms with van der Waals surface area (Å²) in [6, 6.07) is 0.236. The molecule has 0 aliphatic heterocycles. The number of carbonyl (C=O) groups is 2. The van der Waals surface area contributed by atoms with Gasteiger partial charge in [0.2, 0.25) is 0 Å². The van der Waals surface area contributed by atoms with Crippen LogP contribution in [0.25, 0.3) is 0 Å². The van der Waals surface area contributed by atoms with Gasteiger partial charge < -0.3 is 10.0 Å². The molecule has 20 heavy (non-hydrogen) atoms. The number of rotatable bonds is 3. The minimum atomic E-state index is -1.15. The van der Waals surface area contributed by atoms with Crippen LogP contribution in [-0.4, -0.2) is 44.9 Å². The maximum absolute atomic E-state index is 12.3. The molecule has 1 aliphatic rings. The second-order valence-corrected chi connectivity index (χ2v) is 5.42. The van der Waals surface area contributed by atoms with Crippen molar-refractivity contribution in [1.82, 2.24) is 14.9 Å². The summed E-state index contributed by atoms with van der Waals surface area (Å²) in [5.41, 5.74) is 0.0341. The SMILES string of the molecule is CC1CCC(N(C)C(=O)c2cnc(C(=O)O)cn2)CC1. The van der Waals surface area contributed by atoms with E-state index >= 15 is 0 Å². The molecule has 1 N–H and O–H groups in total. The van der Waals surface area contributed by atoms with Crippen molar-refractivity contribution in [3.05, 3.63) is 23.8 Å². The molecule has 1 amide bonds. The molecule has 0 saturated heterocycles. The van der Waals surface area contributed by atoms with Crippen molar-refractivity contribution in [2.75, 3.05) is 7.05 Å². The lowest BCUT2D eigenvalue weighted by Gasteiger charge is -2.33. The first-order valence-corrected chi connectivity index (χ1v) is 6.81. The van der Waals surface area contributed by atoms with Gasteiger partial charge in [0, 0.05) is 13.1 Å². The Morgan fingerprint density at radius 3 is 2.20 bits per heavy atom. The van der Waals surface area contributed by atoms with Gasteiger partial charge in [-0.05, 0) is 31.6 Å².